The maximum Gasteiger partial charge on any atom is 0.315 e. The highest BCUT2D eigenvalue weighted by atomic mass is 16.5. The highest BCUT2D eigenvalue weighted by Crippen LogP contribution is 2.84. The maximum absolute atomic E-state index is 14.2. The van der Waals surface area contributed by atoms with Gasteiger partial charge >= 0.3 is 5.97 Å². The van der Waals surface area contributed by atoms with Gasteiger partial charge in [0.25, 0.3) is 0 Å². The molecule has 7 fully saturated rings. The summed E-state index contributed by atoms with van der Waals surface area (Å²) in [5.74, 6) is 2.64. The van der Waals surface area contributed by atoms with Crippen molar-refractivity contribution in [2.75, 3.05) is 52.5 Å². The van der Waals surface area contributed by atoms with Gasteiger partial charge in [-0.1, -0.05) is 64.5 Å². The van der Waals surface area contributed by atoms with Crippen LogP contribution in [0.2, 0.25) is 0 Å². The Balaban J connectivity index is 1.08. The zero-order chi connectivity index (χ0) is 32.6. The number of carboxylic acid groups (broad SMARTS) is 1. The molecule has 0 aromatic rings. The summed E-state index contributed by atoms with van der Waals surface area (Å²) >= 11 is 0. The van der Waals surface area contributed by atoms with E-state index in [0.717, 1.165) is 89.0 Å². The number of likely N-dealkylation sites (tertiary alicyclic amines) is 1. The van der Waals surface area contributed by atoms with Crippen molar-refractivity contribution in [1.29, 1.82) is 0 Å². The monoisotopic (exact) mass is 650 g/mol. The minimum Gasteiger partial charge on any atom is -0.481 e. The second-order valence-corrected chi connectivity index (χ2v) is 18.1. The fraction of sp³-hybridized carbons (Fsp3) is 0.900. The van der Waals surface area contributed by atoms with Gasteiger partial charge in [-0.25, -0.2) is 0 Å². The summed E-state index contributed by atoms with van der Waals surface area (Å²) in [7, 11) is 0. The van der Waals surface area contributed by atoms with Gasteiger partial charge in [0.15, 0.2) is 0 Å². The summed E-state index contributed by atoms with van der Waals surface area (Å²) in [6.07, 6.45) is 17.4. The molecule has 8 rings (SSSR count). The summed E-state index contributed by atoms with van der Waals surface area (Å²) in [5, 5.41) is 11.6. The number of hydrogen-bond donors (Lipinski definition) is 1. The van der Waals surface area contributed by atoms with Crippen LogP contribution in [0.15, 0.2) is 11.6 Å². The van der Waals surface area contributed by atoms with Crippen molar-refractivity contribution in [3.63, 3.8) is 0 Å². The van der Waals surface area contributed by atoms with Crippen LogP contribution in [0.4, 0.5) is 0 Å². The third kappa shape index (κ3) is 4.85. The van der Waals surface area contributed by atoms with E-state index in [4.69, 9.17) is 9.47 Å². The van der Waals surface area contributed by atoms with Crippen molar-refractivity contribution in [3.05, 3.63) is 11.6 Å². The number of fused-ring (bicyclic) bond motifs is 2. The smallest absolute Gasteiger partial charge is 0.315 e. The van der Waals surface area contributed by atoms with Crippen molar-refractivity contribution in [3.8, 4) is 0 Å². The fourth-order valence-corrected chi connectivity index (χ4v) is 13.9. The standard InChI is InChI=1S/C40H62N2O5/c1-26(2)34-20-31-21-38(25-43)33-9-8-27(3)32(33)22-39(31,40(34,38)37(44)45)36-19-30(18-28-6-4-5-7-28)35(47-36)24-41-12-10-29(11-13-41)23-42-14-16-46-17-15-42/h20,25-33,35-36H,4-19,21-24H2,1-3H3,(H,44,45)/t27-,30-,31?,32-,33-,35+,36-,38?,39?,40+/m1/s1. The molecule has 47 heavy (non-hydrogen) atoms. The molecule has 3 heterocycles. The molecule has 7 heteroatoms. The molecule has 5 aliphatic carbocycles. The zero-order valence-electron chi connectivity index (χ0n) is 29.5. The van der Waals surface area contributed by atoms with Crippen molar-refractivity contribution in [2.24, 2.45) is 63.6 Å². The molecule has 262 valence electrons. The summed E-state index contributed by atoms with van der Waals surface area (Å²) in [6.45, 7) is 15.0. The van der Waals surface area contributed by atoms with Crippen LogP contribution in [0.25, 0.3) is 0 Å². The first kappa shape index (κ1) is 32.9. The van der Waals surface area contributed by atoms with E-state index in [2.05, 4.69) is 36.6 Å². The number of aliphatic carboxylic acids is 1. The molecular formula is C40H62N2O5. The minimum absolute atomic E-state index is 0.0954. The molecular weight excluding hydrogens is 588 g/mol. The lowest BCUT2D eigenvalue weighted by atomic mass is 9.41. The van der Waals surface area contributed by atoms with Crippen molar-refractivity contribution in [1.82, 2.24) is 9.80 Å². The molecule has 3 unspecified atom stereocenters. The Labute approximate surface area is 283 Å². The van der Waals surface area contributed by atoms with Gasteiger partial charge in [-0.15, -0.1) is 0 Å². The zero-order valence-corrected chi connectivity index (χ0v) is 29.5. The van der Waals surface area contributed by atoms with E-state index in [1.807, 2.05) is 0 Å². The van der Waals surface area contributed by atoms with Crippen LogP contribution < -0.4 is 0 Å². The summed E-state index contributed by atoms with van der Waals surface area (Å²) in [4.78, 5) is 33.1. The number of allylic oxidation sites excluding steroid dienone is 1. The van der Waals surface area contributed by atoms with Gasteiger partial charge in [-0.3, -0.25) is 9.69 Å². The average molecular weight is 651 g/mol. The number of carboxylic acids is 1. The topological polar surface area (TPSA) is 79.3 Å². The largest absolute Gasteiger partial charge is 0.481 e. The normalized spacial score (nSPS) is 46.0. The second kappa shape index (κ2) is 12.5. The molecule has 3 aliphatic heterocycles. The SMILES string of the molecule is CC(C)C1=CC2CC3(C=O)[C@@H]4CC[C@@H](C)[C@H]4CC2([C@H]2C[C@@H](CC4CCCC4)[C@H](CN4CCC(CN5CCOCC5)CC4)O2)[C@]13C(=O)O. The van der Waals surface area contributed by atoms with Crippen LogP contribution in [0.5, 0.6) is 0 Å². The third-order valence-corrected chi connectivity index (χ3v) is 15.8. The lowest BCUT2D eigenvalue weighted by Gasteiger charge is -2.60. The summed E-state index contributed by atoms with van der Waals surface area (Å²) in [5.41, 5.74) is -1.42. The molecule has 10 atom stereocenters. The van der Waals surface area contributed by atoms with Crippen LogP contribution >= 0.6 is 0 Å². The summed E-state index contributed by atoms with van der Waals surface area (Å²) < 4.78 is 13.1. The first-order valence-corrected chi connectivity index (χ1v) is 19.8. The Morgan fingerprint density at radius 1 is 0.979 bits per heavy atom. The van der Waals surface area contributed by atoms with Crippen LogP contribution in [-0.4, -0.2) is 91.9 Å². The van der Waals surface area contributed by atoms with Crippen LogP contribution in [0.1, 0.15) is 97.8 Å². The molecule has 3 saturated heterocycles. The van der Waals surface area contributed by atoms with Gasteiger partial charge in [0.05, 0.1) is 30.8 Å². The van der Waals surface area contributed by atoms with E-state index in [1.54, 1.807) is 0 Å². The van der Waals surface area contributed by atoms with E-state index in [1.165, 1.54) is 57.8 Å². The molecule has 4 saturated carbocycles. The number of carbonyl (C=O) groups excluding carboxylic acids is 1. The lowest BCUT2D eigenvalue weighted by Crippen LogP contribution is -2.65. The van der Waals surface area contributed by atoms with E-state index in [0.29, 0.717) is 24.2 Å². The molecule has 1 N–H and O–H groups in total. The number of aldehydes is 1. The van der Waals surface area contributed by atoms with Gasteiger partial charge in [-0.2, -0.15) is 0 Å². The molecule has 0 radical (unpaired) electrons. The fourth-order valence-electron chi connectivity index (χ4n) is 13.9. The average Bonchev–Trinajstić information content (AvgIpc) is 3.88. The van der Waals surface area contributed by atoms with E-state index < -0.39 is 22.2 Å². The van der Waals surface area contributed by atoms with Gasteiger partial charge in [-0.05, 0) is 105 Å². The van der Waals surface area contributed by atoms with Crippen LogP contribution in [0, 0.1) is 63.6 Å². The first-order chi connectivity index (χ1) is 22.7. The molecule has 8 aliphatic rings. The number of morpholine rings is 1. The van der Waals surface area contributed by atoms with Crippen molar-refractivity contribution < 1.29 is 24.2 Å². The quantitative estimate of drug-likeness (QED) is 0.219. The highest BCUT2D eigenvalue weighted by Gasteiger charge is 2.86. The van der Waals surface area contributed by atoms with Gasteiger partial charge in [0.2, 0.25) is 0 Å². The molecule has 4 bridgehead atoms. The number of nitrogens with zero attached hydrogens (tertiary/aromatic N) is 2. The highest BCUT2D eigenvalue weighted by molar-refractivity contribution is 5.90. The number of carbonyl (C=O) groups is 2. The molecule has 0 aromatic carbocycles. The Morgan fingerprint density at radius 3 is 2.38 bits per heavy atom. The second-order valence-electron chi connectivity index (χ2n) is 18.1. The Bertz CT molecular complexity index is 1220. The molecule has 0 spiro atoms. The number of rotatable bonds is 10. The van der Waals surface area contributed by atoms with Gasteiger partial charge in [0, 0.05) is 31.6 Å². The predicted molar refractivity (Wildman–Crippen MR) is 182 cm³/mol. The number of piperidine rings is 1. The van der Waals surface area contributed by atoms with Crippen molar-refractivity contribution >= 4 is 12.3 Å². The number of ether oxygens (including phenoxy) is 2. The maximum atomic E-state index is 14.2. The van der Waals surface area contributed by atoms with Gasteiger partial charge in [0.1, 0.15) is 11.7 Å². The van der Waals surface area contributed by atoms with Crippen molar-refractivity contribution in [2.45, 2.75) is 110 Å². The van der Waals surface area contributed by atoms with Crippen LogP contribution in [0.3, 0.4) is 0 Å². The third-order valence-electron chi connectivity index (χ3n) is 15.8. The first-order valence-electron chi connectivity index (χ1n) is 19.8. The Hall–Kier alpha value is -1.28. The van der Waals surface area contributed by atoms with E-state index in [-0.39, 0.29) is 30.0 Å². The van der Waals surface area contributed by atoms with E-state index in [9.17, 15) is 14.7 Å². The Kier molecular flexibility index (Phi) is 8.74. The van der Waals surface area contributed by atoms with Crippen LogP contribution in [-0.2, 0) is 19.1 Å². The van der Waals surface area contributed by atoms with E-state index >= 15 is 0 Å². The predicted octanol–water partition coefficient (Wildman–Crippen LogP) is 6.31. The molecule has 7 nitrogen and oxygen atoms in total. The lowest BCUT2D eigenvalue weighted by molar-refractivity contribution is -0.197. The summed E-state index contributed by atoms with van der Waals surface area (Å²) in [6, 6.07) is 0. The number of hydrogen-bond acceptors (Lipinski definition) is 6. The minimum atomic E-state index is -1.14. The van der Waals surface area contributed by atoms with Gasteiger partial charge < -0.3 is 24.3 Å². The molecule has 0 aromatic heterocycles. The Morgan fingerprint density at radius 2 is 1.70 bits per heavy atom. The molecule has 0 amide bonds.